The van der Waals surface area contributed by atoms with Crippen molar-refractivity contribution in [2.45, 2.75) is 32.7 Å². The summed E-state index contributed by atoms with van der Waals surface area (Å²) < 4.78 is 1.48. The van der Waals surface area contributed by atoms with E-state index in [9.17, 15) is 0 Å². The largest absolute Gasteiger partial charge is 0.368 e. The fourth-order valence-electron chi connectivity index (χ4n) is 2.01. The molecule has 1 fully saturated rings. The van der Waals surface area contributed by atoms with Crippen molar-refractivity contribution in [2.75, 3.05) is 17.2 Å². The third-order valence-corrected chi connectivity index (χ3v) is 3.28. The molecule has 0 atom stereocenters. The van der Waals surface area contributed by atoms with Crippen molar-refractivity contribution >= 4 is 11.9 Å². The molecule has 8 heteroatoms. The molecule has 0 saturated heterocycles. The molecule has 1 aliphatic rings. The molecule has 0 aliphatic heterocycles. The Kier molecular flexibility index (Phi) is 3.21. The van der Waals surface area contributed by atoms with Crippen molar-refractivity contribution in [1.82, 2.24) is 29.7 Å². The van der Waals surface area contributed by atoms with Gasteiger partial charge in [-0.1, -0.05) is 0 Å². The molecule has 0 spiro atoms. The number of nitrogen functional groups attached to an aromatic ring is 1. The Bertz CT molecular complexity index is 575. The van der Waals surface area contributed by atoms with Crippen LogP contribution in [0.15, 0.2) is 12.7 Å². The Morgan fingerprint density at radius 1 is 1.35 bits per heavy atom. The van der Waals surface area contributed by atoms with Crippen LogP contribution in [0, 0.1) is 5.92 Å². The third kappa shape index (κ3) is 2.68. The molecule has 2 aromatic rings. The van der Waals surface area contributed by atoms with Gasteiger partial charge in [-0.2, -0.15) is 24.7 Å². The maximum absolute atomic E-state index is 5.80. The van der Waals surface area contributed by atoms with E-state index < -0.39 is 0 Å². The van der Waals surface area contributed by atoms with E-state index in [1.807, 2.05) is 0 Å². The molecule has 106 valence electrons. The average Bonchev–Trinajstić information content (AvgIpc) is 3.05. The number of nitrogens with zero attached hydrogens (tertiary/aromatic N) is 7. The second-order valence-corrected chi connectivity index (χ2v) is 5.32. The van der Waals surface area contributed by atoms with E-state index >= 15 is 0 Å². The predicted molar refractivity (Wildman–Crippen MR) is 74.4 cm³/mol. The van der Waals surface area contributed by atoms with E-state index in [1.54, 1.807) is 6.33 Å². The van der Waals surface area contributed by atoms with Gasteiger partial charge in [-0.15, -0.1) is 0 Å². The normalized spacial score (nSPS) is 14.8. The second-order valence-electron chi connectivity index (χ2n) is 5.32. The fraction of sp³-hybridized carbons (Fsp3) is 0.583. The highest BCUT2D eigenvalue weighted by molar-refractivity contribution is 5.38. The zero-order valence-electron chi connectivity index (χ0n) is 11.6. The van der Waals surface area contributed by atoms with Crippen LogP contribution in [0.25, 0.3) is 5.95 Å². The van der Waals surface area contributed by atoms with Crippen LogP contribution in [0.2, 0.25) is 0 Å². The first kappa shape index (κ1) is 12.8. The number of anilines is 2. The molecule has 0 bridgehead atoms. The molecule has 2 heterocycles. The van der Waals surface area contributed by atoms with Gasteiger partial charge in [0.25, 0.3) is 5.95 Å². The van der Waals surface area contributed by atoms with Crippen molar-refractivity contribution in [2.24, 2.45) is 5.92 Å². The zero-order valence-corrected chi connectivity index (χ0v) is 11.6. The maximum atomic E-state index is 5.80. The van der Waals surface area contributed by atoms with Gasteiger partial charge in [-0.3, -0.25) is 0 Å². The van der Waals surface area contributed by atoms with Crippen LogP contribution >= 0.6 is 0 Å². The molecular formula is C12H18N8. The molecule has 2 N–H and O–H groups in total. The Balaban J connectivity index is 1.94. The van der Waals surface area contributed by atoms with Gasteiger partial charge in [0, 0.05) is 12.6 Å². The van der Waals surface area contributed by atoms with E-state index in [4.69, 9.17) is 5.73 Å². The van der Waals surface area contributed by atoms with Gasteiger partial charge in [0.2, 0.25) is 11.9 Å². The van der Waals surface area contributed by atoms with E-state index in [0.29, 0.717) is 17.9 Å². The highest BCUT2D eigenvalue weighted by Crippen LogP contribution is 2.31. The van der Waals surface area contributed by atoms with E-state index in [2.05, 4.69) is 43.8 Å². The number of nitrogens with two attached hydrogens (primary N) is 1. The highest BCUT2D eigenvalue weighted by atomic mass is 15.4. The number of hydrogen-bond donors (Lipinski definition) is 1. The van der Waals surface area contributed by atoms with Crippen molar-refractivity contribution in [3.63, 3.8) is 0 Å². The van der Waals surface area contributed by atoms with Gasteiger partial charge in [0.05, 0.1) is 0 Å². The van der Waals surface area contributed by atoms with Gasteiger partial charge in [0.15, 0.2) is 0 Å². The highest BCUT2D eigenvalue weighted by Gasteiger charge is 2.27. The smallest absolute Gasteiger partial charge is 0.258 e. The molecule has 0 radical (unpaired) electrons. The van der Waals surface area contributed by atoms with Crippen LogP contribution in [0.4, 0.5) is 11.9 Å². The quantitative estimate of drug-likeness (QED) is 0.855. The summed E-state index contributed by atoms with van der Waals surface area (Å²) in [4.78, 5) is 18.9. The summed E-state index contributed by atoms with van der Waals surface area (Å²) in [7, 11) is 0. The Labute approximate surface area is 117 Å². The van der Waals surface area contributed by atoms with Gasteiger partial charge < -0.3 is 10.6 Å². The molecule has 0 aromatic carbocycles. The molecule has 3 rings (SSSR count). The lowest BCUT2D eigenvalue weighted by Gasteiger charge is -2.26. The summed E-state index contributed by atoms with van der Waals surface area (Å²) in [6.07, 6.45) is 5.53. The summed E-state index contributed by atoms with van der Waals surface area (Å²) in [5.41, 5.74) is 5.80. The molecular weight excluding hydrogens is 256 g/mol. The summed E-state index contributed by atoms with van der Waals surface area (Å²) in [6.45, 7) is 5.20. The van der Waals surface area contributed by atoms with E-state index in [-0.39, 0.29) is 5.95 Å². The minimum atomic E-state index is 0.196. The lowest BCUT2D eigenvalue weighted by Crippen LogP contribution is -2.34. The summed E-state index contributed by atoms with van der Waals surface area (Å²) in [5, 5.41) is 4.02. The van der Waals surface area contributed by atoms with Crippen LogP contribution in [-0.2, 0) is 0 Å². The molecule has 20 heavy (non-hydrogen) atoms. The van der Waals surface area contributed by atoms with Crippen LogP contribution in [0.1, 0.15) is 26.7 Å². The van der Waals surface area contributed by atoms with Crippen molar-refractivity contribution < 1.29 is 0 Å². The fourth-order valence-corrected chi connectivity index (χ4v) is 2.01. The number of aromatic nitrogens is 6. The molecule has 2 aromatic heterocycles. The summed E-state index contributed by atoms with van der Waals surface area (Å²) in [5.74, 6) is 1.93. The van der Waals surface area contributed by atoms with Gasteiger partial charge in [-0.05, 0) is 32.6 Å². The maximum Gasteiger partial charge on any atom is 0.258 e. The zero-order chi connectivity index (χ0) is 14.1. The van der Waals surface area contributed by atoms with E-state index in [0.717, 1.165) is 12.5 Å². The van der Waals surface area contributed by atoms with Gasteiger partial charge >= 0.3 is 0 Å². The Hall–Kier alpha value is -2.25. The first-order chi connectivity index (χ1) is 9.63. The average molecular weight is 274 g/mol. The summed E-state index contributed by atoms with van der Waals surface area (Å²) in [6, 6.07) is 0.306. The summed E-state index contributed by atoms with van der Waals surface area (Å²) >= 11 is 0. The van der Waals surface area contributed by atoms with Crippen molar-refractivity contribution in [3.8, 4) is 5.95 Å². The Morgan fingerprint density at radius 3 is 2.75 bits per heavy atom. The SMILES string of the molecule is CC(C)N(CC1CC1)c1nc(N)nc(-n2cncn2)n1. The van der Waals surface area contributed by atoms with Crippen molar-refractivity contribution in [1.29, 1.82) is 0 Å². The predicted octanol–water partition coefficient (Wildman–Crippen LogP) is 0.659. The van der Waals surface area contributed by atoms with Crippen LogP contribution in [-0.4, -0.2) is 42.3 Å². The third-order valence-electron chi connectivity index (χ3n) is 3.28. The first-order valence-corrected chi connectivity index (χ1v) is 6.76. The molecule has 1 aliphatic carbocycles. The van der Waals surface area contributed by atoms with Gasteiger partial charge in [-0.25, -0.2) is 4.98 Å². The van der Waals surface area contributed by atoms with Crippen molar-refractivity contribution in [3.05, 3.63) is 12.7 Å². The molecule has 0 unspecified atom stereocenters. The lowest BCUT2D eigenvalue weighted by molar-refractivity contribution is 0.622. The molecule has 8 nitrogen and oxygen atoms in total. The minimum Gasteiger partial charge on any atom is -0.368 e. The standard InChI is InChI=1S/C12H18N8/c1-8(2)19(5-9-3-4-9)11-16-10(13)17-12(18-11)20-7-14-6-15-20/h6-9H,3-5H2,1-2H3,(H2,13,16,17,18). The number of hydrogen-bond acceptors (Lipinski definition) is 7. The lowest BCUT2D eigenvalue weighted by atomic mass is 10.3. The van der Waals surface area contributed by atoms with Crippen LogP contribution < -0.4 is 10.6 Å². The topological polar surface area (TPSA) is 98.6 Å². The monoisotopic (exact) mass is 274 g/mol. The second kappa shape index (κ2) is 5.03. The molecule has 0 amide bonds. The minimum absolute atomic E-state index is 0.196. The molecule has 1 saturated carbocycles. The van der Waals surface area contributed by atoms with Crippen LogP contribution in [0.3, 0.4) is 0 Å². The van der Waals surface area contributed by atoms with E-state index in [1.165, 1.54) is 23.9 Å². The number of rotatable bonds is 5. The van der Waals surface area contributed by atoms with Gasteiger partial charge in [0.1, 0.15) is 12.7 Å². The Morgan fingerprint density at radius 2 is 2.15 bits per heavy atom. The van der Waals surface area contributed by atoms with Crippen LogP contribution in [0.5, 0.6) is 0 Å². The first-order valence-electron chi connectivity index (χ1n) is 6.76.